The van der Waals surface area contributed by atoms with E-state index in [1.165, 1.54) is 0 Å². The molecule has 2 aromatic heterocycles. The van der Waals surface area contributed by atoms with E-state index in [1.54, 1.807) is 26.1 Å². The highest BCUT2D eigenvalue weighted by Crippen LogP contribution is 2.14. The summed E-state index contributed by atoms with van der Waals surface area (Å²) in [5.74, 6) is 0.468. The molecular formula is C19H22N4O2. The fourth-order valence-electron chi connectivity index (χ4n) is 2.56. The number of amides is 1. The van der Waals surface area contributed by atoms with E-state index >= 15 is 0 Å². The first-order valence-electron chi connectivity index (χ1n) is 8.29. The molecule has 6 nitrogen and oxygen atoms in total. The highest BCUT2D eigenvalue weighted by molar-refractivity contribution is 5.94. The monoisotopic (exact) mass is 338 g/mol. The van der Waals surface area contributed by atoms with Gasteiger partial charge in [-0.2, -0.15) is 0 Å². The zero-order valence-electron chi connectivity index (χ0n) is 14.4. The minimum atomic E-state index is -0.713. The van der Waals surface area contributed by atoms with Crippen molar-refractivity contribution in [3.05, 3.63) is 65.7 Å². The van der Waals surface area contributed by atoms with Crippen LogP contribution in [-0.4, -0.2) is 31.0 Å². The molecule has 2 heterocycles. The molecule has 0 spiro atoms. The van der Waals surface area contributed by atoms with E-state index < -0.39 is 5.60 Å². The van der Waals surface area contributed by atoms with Gasteiger partial charge in [0.1, 0.15) is 0 Å². The minimum absolute atomic E-state index is 0.143. The molecule has 3 aromatic rings. The number of rotatable bonds is 6. The number of hydrogen-bond acceptors (Lipinski definition) is 4. The van der Waals surface area contributed by atoms with Gasteiger partial charge in [0, 0.05) is 24.2 Å². The van der Waals surface area contributed by atoms with E-state index in [-0.39, 0.29) is 5.91 Å². The molecule has 0 radical (unpaired) electrons. The lowest BCUT2D eigenvalue weighted by atomic mass is 9.98. The van der Waals surface area contributed by atoms with Crippen LogP contribution in [0.2, 0.25) is 0 Å². The second-order valence-corrected chi connectivity index (χ2v) is 6.75. The summed E-state index contributed by atoms with van der Waals surface area (Å²) in [6.07, 6.45) is 6.77. The average Bonchev–Trinajstić information content (AvgIpc) is 3.00. The number of nitrogens with zero attached hydrogens (tertiary/aromatic N) is 3. The third-order valence-electron chi connectivity index (χ3n) is 3.93. The number of aliphatic hydroxyl groups is 1. The zero-order chi connectivity index (χ0) is 17.9. The van der Waals surface area contributed by atoms with Gasteiger partial charge in [-0.15, -0.1) is 0 Å². The summed E-state index contributed by atoms with van der Waals surface area (Å²) < 4.78 is 1.82. The standard InChI is InChI=1S/C19H22N4O2/c1-19(2,25)8-7-14-5-3-6-15(11-14)17(24)21-12-16-13-23-10-4-9-20-18(23)22-16/h3-6,9-11,13,25H,7-8,12H2,1-2H3,(H,21,24). The van der Waals surface area contributed by atoms with Crippen molar-refractivity contribution in [3.8, 4) is 0 Å². The molecule has 0 aliphatic rings. The molecule has 1 amide bonds. The van der Waals surface area contributed by atoms with Crippen LogP contribution in [0.3, 0.4) is 0 Å². The molecule has 0 unspecified atom stereocenters. The Morgan fingerprint density at radius 3 is 2.92 bits per heavy atom. The predicted molar refractivity (Wildman–Crippen MR) is 95.2 cm³/mol. The van der Waals surface area contributed by atoms with E-state index in [0.29, 0.717) is 24.3 Å². The van der Waals surface area contributed by atoms with Gasteiger partial charge in [0.15, 0.2) is 0 Å². The van der Waals surface area contributed by atoms with Crippen LogP contribution in [0.15, 0.2) is 48.9 Å². The van der Waals surface area contributed by atoms with E-state index in [0.717, 1.165) is 17.7 Å². The summed E-state index contributed by atoms with van der Waals surface area (Å²) in [4.78, 5) is 20.9. The first-order chi connectivity index (χ1) is 11.9. The number of nitrogens with one attached hydrogen (secondary N) is 1. The molecule has 6 heteroatoms. The number of benzene rings is 1. The Kier molecular flexibility index (Phi) is 4.81. The molecule has 0 bridgehead atoms. The summed E-state index contributed by atoms with van der Waals surface area (Å²) in [5, 5.41) is 12.7. The number of aryl methyl sites for hydroxylation is 1. The van der Waals surface area contributed by atoms with Gasteiger partial charge in [-0.3, -0.25) is 9.20 Å². The van der Waals surface area contributed by atoms with E-state index in [9.17, 15) is 9.90 Å². The zero-order valence-corrected chi connectivity index (χ0v) is 14.4. The largest absolute Gasteiger partial charge is 0.390 e. The first kappa shape index (κ1) is 17.1. The van der Waals surface area contributed by atoms with Crippen molar-refractivity contribution in [3.63, 3.8) is 0 Å². The molecular weight excluding hydrogens is 316 g/mol. The molecule has 0 aliphatic carbocycles. The summed E-state index contributed by atoms with van der Waals surface area (Å²) in [6.45, 7) is 3.91. The Balaban J connectivity index is 1.62. The van der Waals surface area contributed by atoms with E-state index in [1.807, 2.05) is 41.1 Å². The van der Waals surface area contributed by atoms with Gasteiger partial charge < -0.3 is 10.4 Å². The molecule has 1 aromatic carbocycles. The molecule has 25 heavy (non-hydrogen) atoms. The normalized spacial score (nSPS) is 11.6. The van der Waals surface area contributed by atoms with E-state index in [2.05, 4.69) is 15.3 Å². The number of carbonyl (C=O) groups is 1. The van der Waals surface area contributed by atoms with Crippen LogP contribution in [-0.2, 0) is 13.0 Å². The molecule has 2 N–H and O–H groups in total. The molecule has 130 valence electrons. The van der Waals surface area contributed by atoms with Crippen LogP contribution in [0.1, 0.15) is 41.9 Å². The predicted octanol–water partition coefficient (Wildman–Crippen LogP) is 2.36. The van der Waals surface area contributed by atoms with Crippen LogP contribution in [0.4, 0.5) is 0 Å². The number of aromatic nitrogens is 3. The Morgan fingerprint density at radius 1 is 1.32 bits per heavy atom. The van der Waals surface area contributed by atoms with Crippen molar-refractivity contribution >= 4 is 11.7 Å². The van der Waals surface area contributed by atoms with Crippen LogP contribution in [0, 0.1) is 0 Å². The van der Waals surface area contributed by atoms with Gasteiger partial charge in [0.25, 0.3) is 5.91 Å². The summed E-state index contributed by atoms with van der Waals surface area (Å²) in [6, 6.07) is 9.32. The van der Waals surface area contributed by atoms with Crippen LogP contribution >= 0.6 is 0 Å². The van der Waals surface area contributed by atoms with Gasteiger partial charge >= 0.3 is 0 Å². The maximum Gasteiger partial charge on any atom is 0.251 e. The van der Waals surface area contributed by atoms with Crippen molar-refractivity contribution in [1.82, 2.24) is 19.7 Å². The van der Waals surface area contributed by atoms with E-state index in [4.69, 9.17) is 0 Å². The van der Waals surface area contributed by atoms with Crippen molar-refractivity contribution in [2.75, 3.05) is 0 Å². The second-order valence-electron chi connectivity index (χ2n) is 6.75. The lowest BCUT2D eigenvalue weighted by Crippen LogP contribution is -2.23. The summed E-state index contributed by atoms with van der Waals surface area (Å²) in [5.41, 5.74) is 1.68. The van der Waals surface area contributed by atoms with Crippen molar-refractivity contribution in [2.24, 2.45) is 0 Å². The van der Waals surface area contributed by atoms with Crippen LogP contribution in [0.25, 0.3) is 5.78 Å². The quantitative estimate of drug-likeness (QED) is 0.723. The number of carbonyl (C=O) groups excluding carboxylic acids is 1. The second kappa shape index (κ2) is 7.03. The van der Waals surface area contributed by atoms with Gasteiger partial charge in [-0.1, -0.05) is 12.1 Å². The molecule has 0 saturated heterocycles. The maximum absolute atomic E-state index is 12.4. The maximum atomic E-state index is 12.4. The first-order valence-corrected chi connectivity index (χ1v) is 8.29. The molecule has 3 rings (SSSR count). The topological polar surface area (TPSA) is 79.5 Å². The third-order valence-corrected chi connectivity index (χ3v) is 3.93. The molecule has 0 fully saturated rings. The Hall–Kier alpha value is -2.73. The molecule has 0 atom stereocenters. The smallest absolute Gasteiger partial charge is 0.251 e. The van der Waals surface area contributed by atoms with Gasteiger partial charge in [-0.25, -0.2) is 9.97 Å². The third kappa shape index (κ3) is 4.64. The Labute approximate surface area is 146 Å². The van der Waals surface area contributed by atoms with Gasteiger partial charge in [-0.05, 0) is 50.5 Å². The Bertz CT molecular complexity index is 847. The lowest BCUT2D eigenvalue weighted by molar-refractivity contribution is 0.0714. The van der Waals surface area contributed by atoms with Gasteiger partial charge in [0.2, 0.25) is 5.78 Å². The highest BCUT2D eigenvalue weighted by Gasteiger charge is 2.13. The SMILES string of the molecule is CC(C)(O)CCc1cccc(C(=O)NCc2cn3cccnc3n2)c1. The molecule has 0 saturated carbocycles. The summed E-state index contributed by atoms with van der Waals surface area (Å²) in [7, 11) is 0. The highest BCUT2D eigenvalue weighted by atomic mass is 16.3. The number of fused-ring (bicyclic) bond motifs is 1. The Morgan fingerprint density at radius 2 is 2.16 bits per heavy atom. The fraction of sp³-hybridized carbons (Fsp3) is 0.316. The lowest BCUT2D eigenvalue weighted by Gasteiger charge is -2.16. The minimum Gasteiger partial charge on any atom is -0.390 e. The summed E-state index contributed by atoms with van der Waals surface area (Å²) >= 11 is 0. The van der Waals surface area contributed by atoms with Gasteiger partial charge in [0.05, 0.1) is 17.8 Å². The molecule has 0 aliphatic heterocycles. The van der Waals surface area contributed by atoms with Crippen molar-refractivity contribution in [2.45, 2.75) is 38.8 Å². The van der Waals surface area contributed by atoms with Crippen molar-refractivity contribution < 1.29 is 9.90 Å². The number of imidazole rings is 1. The van der Waals surface area contributed by atoms with Crippen LogP contribution < -0.4 is 5.32 Å². The fourth-order valence-corrected chi connectivity index (χ4v) is 2.56. The van der Waals surface area contributed by atoms with Crippen LogP contribution in [0.5, 0.6) is 0 Å². The van der Waals surface area contributed by atoms with Crippen molar-refractivity contribution in [1.29, 1.82) is 0 Å². The number of hydrogen-bond donors (Lipinski definition) is 2. The average molecular weight is 338 g/mol.